The van der Waals surface area contributed by atoms with E-state index in [1.807, 2.05) is 6.07 Å². The van der Waals surface area contributed by atoms with Gasteiger partial charge in [-0.15, -0.1) is 0 Å². The molecule has 1 aromatic carbocycles. The fraction of sp³-hybridized carbons (Fsp3) is 0.200. The van der Waals surface area contributed by atoms with Crippen molar-refractivity contribution in [2.75, 3.05) is 0 Å². The van der Waals surface area contributed by atoms with Gasteiger partial charge in [-0.2, -0.15) is 4.98 Å². The van der Waals surface area contributed by atoms with E-state index >= 15 is 0 Å². The summed E-state index contributed by atoms with van der Waals surface area (Å²) >= 11 is 0. The van der Waals surface area contributed by atoms with E-state index in [4.69, 9.17) is 8.94 Å². The highest BCUT2D eigenvalue weighted by atomic mass is 16.5. The van der Waals surface area contributed by atoms with Gasteiger partial charge in [0.25, 0.3) is 0 Å². The SMILES string of the molecule is c1ccc2c(c1)CNC(c1nc(-c3ccoc3)no1)C2. The van der Waals surface area contributed by atoms with Crippen LogP contribution in [0.25, 0.3) is 11.4 Å². The molecule has 1 aliphatic rings. The molecule has 2 aromatic heterocycles. The molecule has 0 spiro atoms. The third kappa shape index (κ3) is 1.92. The van der Waals surface area contributed by atoms with Gasteiger partial charge < -0.3 is 14.3 Å². The first-order chi connectivity index (χ1) is 9.90. The Morgan fingerprint density at radius 1 is 1.15 bits per heavy atom. The van der Waals surface area contributed by atoms with E-state index in [9.17, 15) is 0 Å². The molecule has 3 aromatic rings. The standard InChI is InChI=1S/C15H13N3O2/c1-2-4-11-8-16-13(7-10(11)3-1)15-17-14(18-20-15)12-5-6-19-9-12/h1-6,9,13,16H,7-8H2. The van der Waals surface area contributed by atoms with Crippen LogP contribution < -0.4 is 5.32 Å². The molecule has 100 valence electrons. The summed E-state index contributed by atoms with van der Waals surface area (Å²) < 4.78 is 10.4. The van der Waals surface area contributed by atoms with Gasteiger partial charge in [-0.3, -0.25) is 0 Å². The summed E-state index contributed by atoms with van der Waals surface area (Å²) in [7, 11) is 0. The maximum absolute atomic E-state index is 5.38. The maximum Gasteiger partial charge on any atom is 0.244 e. The molecule has 20 heavy (non-hydrogen) atoms. The van der Waals surface area contributed by atoms with Crippen LogP contribution in [0.4, 0.5) is 0 Å². The van der Waals surface area contributed by atoms with E-state index in [1.165, 1.54) is 11.1 Å². The third-order valence-electron chi connectivity index (χ3n) is 3.60. The molecule has 5 nitrogen and oxygen atoms in total. The van der Waals surface area contributed by atoms with Crippen LogP contribution in [0.1, 0.15) is 23.1 Å². The lowest BCUT2D eigenvalue weighted by molar-refractivity contribution is 0.321. The van der Waals surface area contributed by atoms with Crippen molar-refractivity contribution in [1.82, 2.24) is 15.5 Å². The molecule has 0 aliphatic carbocycles. The van der Waals surface area contributed by atoms with Crippen molar-refractivity contribution in [3.05, 3.63) is 59.9 Å². The Morgan fingerprint density at radius 2 is 2.05 bits per heavy atom. The largest absolute Gasteiger partial charge is 0.472 e. The molecule has 1 N–H and O–H groups in total. The Hall–Kier alpha value is -2.40. The molecule has 0 amide bonds. The number of hydrogen-bond acceptors (Lipinski definition) is 5. The Balaban J connectivity index is 1.60. The first kappa shape index (κ1) is 11.4. The Kier molecular flexibility index (Phi) is 2.63. The van der Waals surface area contributed by atoms with Crippen LogP contribution in [0.3, 0.4) is 0 Å². The minimum absolute atomic E-state index is 0.0676. The summed E-state index contributed by atoms with van der Waals surface area (Å²) in [6.45, 7) is 0.824. The second kappa shape index (κ2) is 4.61. The van der Waals surface area contributed by atoms with Crippen molar-refractivity contribution in [2.24, 2.45) is 0 Å². The van der Waals surface area contributed by atoms with E-state index in [0.29, 0.717) is 11.7 Å². The lowest BCUT2D eigenvalue weighted by atomic mass is 9.96. The Bertz CT molecular complexity index is 718. The molecule has 1 atom stereocenters. The van der Waals surface area contributed by atoms with Gasteiger partial charge in [0.1, 0.15) is 6.26 Å². The smallest absolute Gasteiger partial charge is 0.244 e. The second-order valence-corrected chi connectivity index (χ2v) is 4.87. The van der Waals surface area contributed by atoms with Gasteiger partial charge in [0, 0.05) is 6.54 Å². The highest BCUT2D eigenvalue weighted by molar-refractivity contribution is 5.51. The lowest BCUT2D eigenvalue weighted by Crippen LogP contribution is -2.28. The summed E-state index contributed by atoms with van der Waals surface area (Å²) in [5.41, 5.74) is 3.49. The minimum Gasteiger partial charge on any atom is -0.472 e. The van der Waals surface area contributed by atoms with Crippen LogP contribution in [0.5, 0.6) is 0 Å². The fourth-order valence-corrected chi connectivity index (χ4v) is 2.51. The van der Waals surface area contributed by atoms with Gasteiger partial charge >= 0.3 is 0 Å². The van der Waals surface area contributed by atoms with Crippen molar-refractivity contribution >= 4 is 0 Å². The van der Waals surface area contributed by atoms with Crippen LogP contribution in [0.15, 0.2) is 51.8 Å². The molecule has 5 heteroatoms. The average Bonchev–Trinajstić information content (AvgIpc) is 3.17. The van der Waals surface area contributed by atoms with Crippen molar-refractivity contribution in [3.63, 3.8) is 0 Å². The van der Waals surface area contributed by atoms with Gasteiger partial charge in [0.2, 0.25) is 11.7 Å². The predicted octanol–water partition coefficient (Wildman–Crippen LogP) is 2.72. The van der Waals surface area contributed by atoms with E-state index in [1.54, 1.807) is 12.5 Å². The first-order valence-electron chi connectivity index (χ1n) is 6.56. The minimum atomic E-state index is 0.0676. The monoisotopic (exact) mass is 267 g/mol. The molecule has 0 saturated carbocycles. The van der Waals surface area contributed by atoms with Crippen molar-refractivity contribution in [1.29, 1.82) is 0 Å². The van der Waals surface area contributed by atoms with Gasteiger partial charge in [-0.05, 0) is 23.6 Å². The van der Waals surface area contributed by atoms with Gasteiger partial charge in [-0.25, -0.2) is 0 Å². The number of benzene rings is 1. The molecule has 1 unspecified atom stereocenters. The van der Waals surface area contributed by atoms with Crippen molar-refractivity contribution in [2.45, 2.75) is 19.0 Å². The highest BCUT2D eigenvalue weighted by Gasteiger charge is 2.24. The topological polar surface area (TPSA) is 64.1 Å². The number of fused-ring (bicyclic) bond motifs is 1. The first-order valence-corrected chi connectivity index (χ1v) is 6.56. The predicted molar refractivity (Wildman–Crippen MR) is 71.7 cm³/mol. The number of nitrogens with one attached hydrogen (secondary N) is 1. The fourth-order valence-electron chi connectivity index (χ4n) is 2.51. The van der Waals surface area contributed by atoms with Crippen molar-refractivity contribution in [3.8, 4) is 11.4 Å². The number of aromatic nitrogens is 2. The molecule has 0 bridgehead atoms. The summed E-state index contributed by atoms with van der Waals surface area (Å²) in [5.74, 6) is 1.19. The number of nitrogens with zero attached hydrogens (tertiary/aromatic N) is 2. The zero-order chi connectivity index (χ0) is 13.4. The molecular weight excluding hydrogens is 254 g/mol. The average molecular weight is 267 g/mol. The van der Waals surface area contributed by atoms with Crippen LogP contribution >= 0.6 is 0 Å². The third-order valence-corrected chi connectivity index (χ3v) is 3.60. The molecule has 0 fully saturated rings. The van der Waals surface area contributed by atoms with E-state index in [2.05, 4.69) is 39.7 Å². The number of hydrogen-bond donors (Lipinski definition) is 1. The van der Waals surface area contributed by atoms with Gasteiger partial charge in [-0.1, -0.05) is 29.4 Å². The highest BCUT2D eigenvalue weighted by Crippen LogP contribution is 2.26. The summed E-state index contributed by atoms with van der Waals surface area (Å²) in [5, 5.41) is 7.43. The summed E-state index contributed by atoms with van der Waals surface area (Å²) in [6, 6.07) is 10.3. The quantitative estimate of drug-likeness (QED) is 0.773. The Labute approximate surface area is 115 Å². The van der Waals surface area contributed by atoms with Crippen LogP contribution in [0, 0.1) is 0 Å². The van der Waals surface area contributed by atoms with E-state index < -0.39 is 0 Å². The maximum atomic E-state index is 5.38. The van der Waals surface area contributed by atoms with E-state index in [0.717, 1.165) is 18.5 Å². The zero-order valence-electron chi connectivity index (χ0n) is 10.7. The van der Waals surface area contributed by atoms with Crippen LogP contribution in [-0.2, 0) is 13.0 Å². The molecular formula is C15H13N3O2. The molecule has 3 heterocycles. The molecule has 4 rings (SSSR count). The lowest BCUT2D eigenvalue weighted by Gasteiger charge is -2.23. The normalized spacial score (nSPS) is 17.9. The van der Waals surface area contributed by atoms with Crippen molar-refractivity contribution < 1.29 is 8.94 Å². The summed E-state index contributed by atoms with van der Waals surface area (Å²) in [4.78, 5) is 4.45. The number of rotatable bonds is 2. The van der Waals surface area contributed by atoms with Gasteiger partial charge in [0.05, 0.1) is 17.9 Å². The molecule has 0 radical (unpaired) electrons. The van der Waals surface area contributed by atoms with Gasteiger partial charge in [0.15, 0.2) is 0 Å². The van der Waals surface area contributed by atoms with Crippen LogP contribution in [0.2, 0.25) is 0 Å². The zero-order valence-corrected chi connectivity index (χ0v) is 10.7. The van der Waals surface area contributed by atoms with E-state index in [-0.39, 0.29) is 6.04 Å². The Morgan fingerprint density at radius 3 is 2.90 bits per heavy atom. The molecule has 1 aliphatic heterocycles. The molecule has 0 saturated heterocycles. The summed E-state index contributed by atoms with van der Waals surface area (Å²) in [6.07, 6.45) is 4.07. The second-order valence-electron chi connectivity index (χ2n) is 4.87. The van der Waals surface area contributed by atoms with Crippen LogP contribution in [-0.4, -0.2) is 10.1 Å². The number of furan rings is 1.